The van der Waals surface area contributed by atoms with Crippen LogP contribution in [0.4, 0.5) is 4.79 Å². The Morgan fingerprint density at radius 1 is 0.784 bits per heavy atom. The monoisotopic (exact) mass is 710 g/mol. The SMILES string of the molecule is COc1ccc(OC[C@H](NC(=O)OC(C)(C)C)[C@H](OCc2ccccc2)[C@@H](CO[Si](c2ccccc2)(c2ccccc2)C(C)(C)C)N=[N+]=[N-])cc1. The first kappa shape index (κ1) is 39.0. The van der Waals surface area contributed by atoms with Crippen molar-refractivity contribution in [1.29, 1.82) is 0 Å². The number of hydrogen-bond acceptors (Lipinski definition) is 7. The van der Waals surface area contributed by atoms with E-state index in [0.29, 0.717) is 11.5 Å². The summed E-state index contributed by atoms with van der Waals surface area (Å²) in [5.41, 5.74) is 10.1. The minimum absolute atomic E-state index is 0.00579. The summed E-state index contributed by atoms with van der Waals surface area (Å²) in [4.78, 5) is 16.6. The molecule has 0 saturated carbocycles. The molecule has 0 heterocycles. The molecule has 4 aromatic carbocycles. The predicted molar refractivity (Wildman–Crippen MR) is 203 cm³/mol. The van der Waals surface area contributed by atoms with Crippen LogP contribution in [0.15, 0.2) is 120 Å². The molecule has 1 amide bonds. The highest BCUT2D eigenvalue weighted by molar-refractivity contribution is 6.99. The van der Waals surface area contributed by atoms with Crippen molar-refractivity contribution >= 4 is 24.8 Å². The Morgan fingerprint density at radius 3 is 1.80 bits per heavy atom. The molecule has 0 aliphatic carbocycles. The summed E-state index contributed by atoms with van der Waals surface area (Å²) in [7, 11) is -1.45. The van der Waals surface area contributed by atoms with Crippen molar-refractivity contribution in [2.45, 2.75) is 77.0 Å². The lowest BCUT2D eigenvalue weighted by molar-refractivity contribution is -0.0247. The van der Waals surface area contributed by atoms with Crippen LogP contribution in [0.5, 0.6) is 11.5 Å². The number of azide groups is 1. The number of methoxy groups -OCH3 is 1. The van der Waals surface area contributed by atoms with Gasteiger partial charge in [-0.25, -0.2) is 4.79 Å². The zero-order chi connectivity index (χ0) is 36.9. The molecule has 0 bridgehead atoms. The van der Waals surface area contributed by atoms with E-state index < -0.39 is 38.2 Å². The van der Waals surface area contributed by atoms with Gasteiger partial charge in [-0.15, -0.1) is 0 Å². The van der Waals surface area contributed by atoms with E-state index in [1.807, 2.05) is 66.7 Å². The van der Waals surface area contributed by atoms with Crippen LogP contribution in [-0.4, -0.2) is 58.5 Å². The molecule has 11 heteroatoms. The highest BCUT2D eigenvalue weighted by atomic mass is 28.4. The molecule has 1 N–H and O–H groups in total. The number of nitrogens with zero attached hydrogens (tertiary/aromatic N) is 3. The number of carbonyl (C=O) groups excluding carboxylic acids is 1. The van der Waals surface area contributed by atoms with Gasteiger partial charge in [0.05, 0.1) is 31.9 Å². The summed E-state index contributed by atoms with van der Waals surface area (Å²) >= 11 is 0. The summed E-state index contributed by atoms with van der Waals surface area (Å²) in [6.07, 6.45) is -1.56. The predicted octanol–water partition coefficient (Wildman–Crippen LogP) is 7.81. The molecule has 4 rings (SSSR count). The summed E-state index contributed by atoms with van der Waals surface area (Å²) in [6.45, 7) is 12.1. The smallest absolute Gasteiger partial charge is 0.408 e. The highest BCUT2D eigenvalue weighted by Gasteiger charge is 2.51. The molecule has 0 aliphatic heterocycles. The van der Waals surface area contributed by atoms with Gasteiger partial charge in [-0.2, -0.15) is 0 Å². The molecule has 0 radical (unpaired) electrons. The van der Waals surface area contributed by atoms with Gasteiger partial charge < -0.3 is 28.7 Å². The Kier molecular flexibility index (Phi) is 13.7. The lowest BCUT2D eigenvalue weighted by Gasteiger charge is -2.44. The van der Waals surface area contributed by atoms with E-state index in [4.69, 9.17) is 23.4 Å². The first-order valence-electron chi connectivity index (χ1n) is 17.1. The number of benzene rings is 4. The Labute approximate surface area is 302 Å². The third-order valence-electron chi connectivity index (χ3n) is 8.34. The Balaban J connectivity index is 1.78. The number of alkyl carbamates (subject to hydrolysis) is 1. The van der Waals surface area contributed by atoms with Crippen molar-refractivity contribution in [2.75, 3.05) is 20.3 Å². The van der Waals surface area contributed by atoms with Gasteiger partial charge in [-0.05, 0) is 71.5 Å². The number of rotatable bonds is 16. The van der Waals surface area contributed by atoms with E-state index in [1.165, 1.54) is 0 Å². The van der Waals surface area contributed by atoms with Gasteiger partial charge in [0.15, 0.2) is 0 Å². The van der Waals surface area contributed by atoms with Crippen LogP contribution >= 0.6 is 0 Å². The van der Waals surface area contributed by atoms with E-state index in [0.717, 1.165) is 15.9 Å². The molecule has 270 valence electrons. The lowest BCUT2D eigenvalue weighted by Crippen LogP contribution is -2.67. The van der Waals surface area contributed by atoms with Crippen LogP contribution in [0.25, 0.3) is 10.4 Å². The number of carbonyl (C=O) groups is 1. The van der Waals surface area contributed by atoms with Crippen molar-refractivity contribution < 1.29 is 28.2 Å². The summed E-state index contributed by atoms with van der Waals surface area (Å²) in [5, 5.41) is 9.08. The first-order chi connectivity index (χ1) is 24.4. The average molecular weight is 711 g/mol. The zero-order valence-electron chi connectivity index (χ0n) is 30.6. The quantitative estimate of drug-likeness (QED) is 0.0548. The van der Waals surface area contributed by atoms with Gasteiger partial charge in [0.1, 0.15) is 23.7 Å². The highest BCUT2D eigenvalue weighted by Crippen LogP contribution is 2.37. The van der Waals surface area contributed by atoms with Crippen LogP contribution in [0.1, 0.15) is 47.1 Å². The van der Waals surface area contributed by atoms with Crippen LogP contribution in [0.3, 0.4) is 0 Å². The molecule has 0 saturated heterocycles. The zero-order valence-corrected chi connectivity index (χ0v) is 31.6. The van der Waals surface area contributed by atoms with E-state index in [-0.39, 0.29) is 24.9 Å². The Hall–Kier alpha value is -4.80. The molecule has 0 spiro atoms. The number of ether oxygens (including phenoxy) is 4. The van der Waals surface area contributed by atoms with Crippen LogP contribution < -0.4 is 25.2 Å². The summed E-state index contributed by atoms with van der Waals surface area (Å²) in [5.74, 6) is 1.23. The molecule has 0 aromatic heterocycles. The fourth-order valence-corrected chi connectivity index (χ4v) is 10.6. The fourth-order valence-electron chi connectivity index (χ4n) is 6.03. The molecule has 10 nitrogen and oxygen atoms in total. The topological polar surface area (TPSA) is 124 Å². The Bertz CT molecular complexity index is 1650. The van der Waals surface area contributed by atoms with Crippen LogP contribution in [-0.2, 0) is 20.5 Å². The van der Waals surface area contributed by atoms with Gasteiger partial charge in [-0.3, -0.25) is 0 Å². The van der Waals surface area contributed by atoms with Gasteiger partial charge in [-0.1, -0.05) is 117 Å². The van der Waals surface area contributed by atoms with E-state index in [9.17, 15) is 10.3 Å². The second kappa shape index (κ2) is 17.9. The first-order valence-corrected chi connectivity index (χ1v) is 19.0. The number of nitrogens with one attached hydrogen (secondary N) is 1. The lowest BCUT2D eigenvalue weighted by atomic mass is 10.0. The maximum atomic E-state index is 13.4. The van der Waals surface area contributed by atoms with Gasteiger partial charge in [0.2, 0.25) is 0 Å². The third kappa shape index (κ3) is 10.8. The maximum Gasteiger partial charge on any atom is 0.408 e. The normalized spacial score (nSPS) is 13.6. The molecule has 51 heavy (non-hydrogen) atoms. The minimum Gasteiger partial charge on any atom is -0.497 e. The molecular formula is C40H50N4O6Si. The van der Waals surface area contributed by atoms with E-state index >= 15 is 0 Å². The molecule has 0 fully saturated rings. The Morgan fingerprint density at radius 2 is 1.31 bits per heavy atom. The van der Waals surface area contributed by atoms with Crippen molar-refractivity contribution in [3.05, 3.63) is 131 Å². The second-order valence-corrected chi connectivity index (χ2v) is 18.6. The number of hydrogen-bond donors (Lipinski definition) is 1. The standard InChI is InChI=1S/C40H50N4O6Si/c1-39(2,3)50-38(45)42-35(28-47-32-25-23-31(46-7)24-26-32)37(48-27-30-17-11-8-12-18-30)36(43-44-41)29-49-51(40(4,5)6,33-19-13-9-14-20-33)34-21-15-10-16-22-34/h8-26,35-37H,27-29H2,1-7H3,(H,42,45)/t35-,36+,37-/m0/s1. The summed E-state index contributed by atoms with van der Waals surface area (Å²) < 4.78 is 31.1. The molecule has 4 aromatic rings. The minimum atomic E-state index is -3.05. The second-order valence-electron chi connectivity index (χ2n) is 14.2. The van der Waals surface area contributed by atoms with Gasteiger partial charge in [0.25, 0.3) is 8.32 Å². The molecular weight excluding hydrogens is 661 g/mol. The van der Waals surface area contributed by atoms with E-state index in [1.54, 1.807) is 52.1 Å². The van der Waals surface area contributed by atoms with Crippen molar-refractivity contribution in [2.24, 2.45) is 5.11 Å². The molecule has 0 aliphatic rings. The largest absolute Gasteiger partial charge is 0.497 e. The summed E-state index contributed by atoms with van der Waals surface area (Å²) in [6, 6.07) is 35.5. The fraction of sp³-hybridized carbons (Fsp3) is 0.375. The number of amides is 1. The van der Waals surface area contributed by atoms with E-state index in [2.05, 4.69) is 60.4 Å². The molecule has 0 unspecified atom stereocenters. The van der Waals surface area contributed by atoms with Crippen molar-refractivity contribution in [1.82, 2.24) is 5.32 Å². The van der Waals surface area contributed by atoms with Crippen molar-refractivity contribution in [3.8, 4) is 11.5 Å². The average Bonchev–Trinajstić information content (AvgIpc) is 3.11. The van der Waals surface area contributed by atoms with Crippen LogP contribution in [0, 0.1) is 0 Å². The van der Waals surface area contributed by atoms with Crippen LogP contribution in [0.2, 0.25) is 5.04 Å². The maximum absolute atomic E-state index is 13.4. The van der Waals surface area contributed by atoms with Crippen molar-refractivity contribution in [3.63, 3.8) is 0 Å². The van der Waals surface area contributed by atoms with Gasteiger partial charge >= 0.3 is 6.09 Å². The molecule has 3 atom stereocenters. The third-order valence-corrected chi connectivity index (χ3v) is 13.3. The van der Waals surface area contributed by atoms with Gasteiger partial charge in [0, 0.05) is 11.5 Å².